The number of rotatable bonds is 4. The predicted molar refractivity (Wildman–Crippen MR) is 101 cm³/mol. The van der Waals surface area contributed by atoms with Crippen molar-refractivity contribution in [3.63, 3.8) is 0 Å². The summed E-state index contributed by atoms with van der Waals surface area (Å²) >= 11 is 0. The van der Waals surface area contributed by atoms with Gasteiger partial charge in [-0.25, -0.2) is 18.7 Å². The molecule has 0 spiro atoms. The van der Waals surface area contributed by atoms with Gasteiger partial charge in [0.25, 0.3) is 0 Å². The molecular weight excluding hydrogens is 364 g/mol. The smallest absolute Gasteiger partial charge is 0.166 e. The summed E-state index contributed by atoms with van der Waals surface area (Å²) in [5.41, 5.74) is 8.94. The van der Waals surface area contributed by atoms with Gasteiger partial charge >= 0.3 is 0 Å². The van der Waals surface area contributed by atoms with Crippen LogP contribution in [0.25, 0.3) is 33.9 Å². The van der Waals surface area contributed by atoms with E-state index in [1.807, 2.05) is 12.1 Å². The Hall–Kier alpha value is -3.81. The van der Waals surface area contributed by atoms with Crippen molar-refractivity contribution in [1.29, 1.82) is 0 Å². The number of ether oxygens (including phenoxy) is 1. The number of benzene rings is 1. The quantitative estimate of drug-likeness (QED) is 0.558. The maximum Gasteiger partial charge on any atom is 0.166 e. The van der Waals surface area contributed by atoms with Gasteiger partial charge in [0.2, 0.25) is 0 Å². The molecule has 0 saturated carbocycles. The van der Waals surface area contributed by atoms with E-state index in [2.05, 4.69) is 19.9 Å². The van der Waals surface area contributed by atoms with Crippen LogP contribution >= 0.6 is 0 Å². The lowest BCUT2D eigenvalue weighted by Gasteiger charge is -2.07. The van der Waals surface area contributed by atoms with Crippen LogP contribution in [0.5, 0.6) is 5.75 Å². The zero-order valence-corrected chi connectivity index (χ0v) is 14.8. The first-order chi connectivity index (χ1) is 13.6. The molecule has 0 fully saturated rings. The molecule has 3 N–H and O–H groups in total. The summed E-state index contributed by atoms with van der Waals surface area (Å²) in [6.07, 6.45) is 4.88. The average molecular weight is 379 g/mol. The molecule has 0 aliphatic heterocycles. The molecule has 6 nitrogen and oxygen atoms in total. The van der Waals surface area contributed by atoms with Crippen molar-refractivity contribution in [2.75, 3.05) is 12.8 Å². The van der Waals surface area contributed by atoms with Crippen molar-refractivity contribution in [2.24, 2.45) is 0 Å². The first kappa shape index (κ1) is 17.6. The Kier molecular flexibility index (Phi) is 4.44. The Labute approximate surface area is 159 Å². The summed E-state index contributed by atoms with van der Waals surface area (Å²) in [5.74, 6) is -0.811. The number of H-pyrrole nitrogens is 1. The highest BCUT2D eigenvalue weighted by Gasteiger charge is 2.18. The third-order valence-electron chi connectivity index (χ3n) is 4.24. The second-order valence-electron chi connectivity index (χ2n) is 5.99. The number of pyridine rings is 2. The first-order valence-corrected chi connectivity index (χ1v) is 8.32. The lowest BCUT2D eigenvalue weighted by Crippen LogP contribution is -1.96. The summed E-state index contributed by atoms with van der Waals surface area (Å²) < 4.78 is 32.2. The van der Waals surface area contributed by atoms with E-state index in [4.69, 9.17) is 10.5 Å². The summed E-state index contributed by atoms with van der Waals surface area (Å²) in [7, 11) is 1.50. The highest BCUT2D eigenvalue weighted by atomic mass is 19.2. The average Bonchev–Trinajstić information content (AvgIpc) is 3.16. The highest BCUT2D eigenvalue weighted by Crippen LogP contribution is 2.35. The molecule has 140 valence electrons. The number of imidazole rings is 1. The van der Waals surface area contributed by atoms with Crippen molar-refractivity contribution < 1.29 is 13.5 Å². The molecule has 3 aromatic heterocycles. The zero-order valence-electron chi connectivity index (χ0n) is 14.8. The van der Waals surface area contributed by atoms with Gasteiger partial charge in [0.15, 0.2) is 23.2 Å². The standard InChI is InChI=1S/C20H15F2N5O/c1-28-16-9-13(10-25-19(16)23)18-17(11-4-6-24-7-5-11)26-20(27-18)12-2-3-14(21)15(22)8-12/h2-10H,1H3,(H2,23,25)(H,26,27). The molecule has 4 rings (SSSR count). The predicted octanol–water partition coefficient (Wildman–Crippen LogP) is 4.07. The molecule has 3 heterocycles. The van der Waals surface area contributed by atoms with E-state index in [-0.39, 0.29) is 5.82 Å². The van der Waals surface area contributed by atoms with E-state index in [0.29, 0.717) is 34.1 Å². The third kappa shape index (κ3) is 3.16. The topological polar surface area (TPSA) is 89.7 Å². The van der Waals surface area contributed by atoms with E-state index < -0.39 is 11.6 Å². The number of anilines is 1. The van der Waals surface area contributed by atoms with Gasteiger partial charge in [-0.1, -0.05) is 0 Å². The number of hydrogen-bond acceptors (Lipinski definition) is 5. The number of nitrogen functional groups attached to an aromatic ring is 1. The molecule has 0 radical (unpaired) electrons. The Bertz CT molecular complexity index is 1140. The number of halogens is 2. The first-order valence-electron chi connectivity index (χ1n) is 8.32. The lowest BCUT2D eigenvalue weighted by molar-refractivity contribution is 0.415. The fraction of sp³-hybridized carbons (Fsp3) is 0.0500. The maximum atomic E-state index is 13.7. The number of nitrogens with zero attached hydrogens (tertiary/aromatic N) is 3. The Balaban J connectivity index is 1.91. The molecule has 28 heavy (non-hydrogen) atoms. The minimum Gasteiger partial charge on any atom is -0.493 e. The summed E-state index contributed by atoms with van der Waals surface area (Å²) in [4.78, 5) is 16.0. The molecule has 0 saturated heterocycles. The fourth-order valence-electron chi connectivity index (χ4n) is 2.84. The number of methoxy groups -OCH3 is 1. The van der Waals surface area contributed by atoms with Gasteiger partial charge in [-0.2, -0.15) is 0 Å². The molecule has 0 atom stereocenters. The molecular formula is C20H15F2N5O. The van der Waals surface area contributed by atoms with Crippen LogP contribution in [0.3, 0.4) is 0 Å². The summed E-state index contributed by atoms with van der Waals surface area (Å²) in [6.45, 7) is 0. The molecule has 0 bridgehead atoms. The van der Waals surface area contributed by atoms with Gasteiger partial charge in [-0.3, -0.25) is 4.98 Å². The van der Waals surface area contributed by atoms with Gasteiger partial charge in [-0.05, 0) is 36.4 Å². The van der Waals surface area contributed by atoms with Gasteiger partial charge in [0.1, 0.15) is 5.82 Å². The van der Waals surface area contributed by atoms with Crippen molar-refractivity contribution in [2.45, 2.75) is 0 Å². The minimum atomic E-state index is -0.947. The molecule has 0 aliphatic rings. The Morgan fingerprint density at radius 2 is 1.75 bits per heavy atom. The number of aromatic amines is 1. The van der Waals surface area contributed by atoms with Gasteiger partial charge in [0, 0.05) is 35.3 Å². The number of nitrogens with one attached hydrogen (secondary N) is 1. The summed E-state index contributed by atoms with van der Waals surface area (Å²) in [5, 5.41) is 0. The Morgan fingerprint density at radius 1 is 0.964 bits per heavy atom. The largest absolute Gasteiger partial charge is 0.493 e. The van der Waals surface area contributed by atoms with Gasteiger partial charge < -0.3 is 15.5 Å². The third-order valence-corrected chi connectivity index (χ3v) is 4.24. The van der Waals surface area contributed by atoms with Crippen molar-refractivity contribution in [3.05, 3.63) is 66.6 Å². The second kappa shape index (κ2) is 7.07. The lowest BCUT2D eigenvalue weighted by atomic mass is 10.1. The van der Waals surface area contributed by atoms with Crippen LogP contribution < -0.4 is 10.5 Å². The van der Waals surface area contributed by atoms with Crippen molar-refractivity contribution in [3.8, 4) is 39.7 Å². The van der Waals surface area contributed by atoms with Crippen molar-refractivity contribution >= 4 is 5.82 Å². The van der Waals surface area contributed by atoms with Gasteiger partial charge in [0.05, 0.1) is 18.5 Å². The van der Waals surface area contributed by atoms with Crippen molar-refractivity contribution in [1.82, 2.24) is 19.9 Å². The number of aromatic nitrogens is 4. The van der Waals surface area contributed by atoms with Crippen LogP contribution in [0.15, 0.2) is 55.0 Å². The zero-order chi connectivity index (χ0) is 19.7. The van der Waals surface area contributed by atoms with Crippen LogP contribution in [0.2, 0.25) is 0 Å². The normalized spacial score (nSPS) is 10.8. The van der Waals surface area contributed by atoms with E-state index in [1.165, 1.54) is 13.2 Å². The molecule has 0 aliphatic carbocycles. The van der Waals surface area contributed by atoms with Crippen LogP contribution in [0.4, 0.5) is 14.6 Å². The van der Waals surface area contributed by atoms with E-state index in [1.54, 1.807) is 24.7 Å². The van der Waals surface area contributed by atoms with Crippen LogP contribution in [0.1, 0.15) is 0 Å². The monoisotopic (exact) mass is 379 g/mol. The van der Waals surface area contributed by atoms with E-state index >= 15 is 0 Å². The second-order valence-corrected chi connectivity index (χ2v) is 5.99. The van der Waals surface area contributed by atoms with Crippen LogP contribution in [-0.4, -0.2) is 27.0 Å². The molecule has 0 unspecified atom stereocenters. The molecule has 0 amide bonds. The van der Waals surface area contributed by atoms with Crippen LogP contribution in [-0.2, 0) is 0 Å². The molecule has 8 heteroatoms. The number of hydrogen-bond donors (Lipinski definition) is 2. The van der Waals surface area contributed by atoms with Crippen LogP contribution in [0, 0.1) is 11.6 Å². The number of nitrogens with two attached hydrogens (primary N) is 1. The fourth-order valence-corrected chi connectivity index (χ4v) is 2.84. The molecule has 1 aromatic carbocycles. The highest BCUT2D eigenvalue weighted by molar-refractivity contribution is 5.81. The summed E-state index contributed by atoms with van der Waals surface area (Å²) in [6, 6.07) is 8.96. The minimum absolute atomic E-state index is 0.257. The molecule has 4 aromatic rings. The maximum absolute atomic E-state index is 13.7. The van der Waals surface area contributed by atoms with Gasteiger partial charge in [-0.15, -0.1) is 0 Å². The SMILES string of the molecule is COc1cc(-c2nc(-c3ccc(F)c(F)c3)[nH]c2-c2ccncc2)cnc1N. The Morgan fingerprint density at radius 3 is 2.46 bits per heavy atom. The van der Waals surface area contributed by atoms with E-state index in [9.17, 15) is 8.78 Å². The van der Waals surface area contributed by atoms with E-state index in [0.717, 1.165) is 17.7 Å².